The molecule has 2 rings (SSSR count). The molecule has 98 valence electrons. The summed E-state index contributed by atoms with van der Waals surface area (Å²) in [6.07, 6.45) is 1.57. The van der Waals surface area contributed by atoms with Gasteiger partial charge in [-0.3, -0.25) is 19.2 Å². The highest BCUT2D eigenvalue weighted by Gasteiger charge is 2.62. The zero-order valence-electron chi connectivity index (χ0n) is 10.5. The molecule has 0 N–H and O–H groups in total. The Morgan fingerprint density at radius 3 is 2.39 bits per heavy atom. The summed E-state index contributed by atoms with van der Waals surface area (Å²) in [6.45, 7) is 3.08. The second-order valence-corrected chi connectivity index (χ2v) is 5.14. The van der Waals surface area contributed by atoms with Gasteiger partial charge in [-0.15, -0.1) is 0 Å². The normalized spacial score (nSPS) is 29.2. The number of carbonyl (C=O) groups is 4. The van der Waals surface area contributed by atoms with Crippen molar-refractivity contribution in [1.82, 2.24) is 0 Å². The number of esters is 1. The summed E-state index contributed by atoms with van der Waals surface area (Å²) < 4.78 is 4.75. The number of hydrogen-bond donors (Lipinski definition) is 0. The number of Topliss-reactive ketones (excluding diaryl/α,β-unsaturated/α-hetero) is 3. The first-order valence-electron chi connectivity index (χ1n) is 6.16. The Morgan fingerprint density at radius 2 is 1.94 bits per heavy atom. The smallest absolute Gasteiger partial charge is 0.324 e. The number of carbonyl (C=O) groups excluding carboxylic acids is 4. The monoisotopic (exact) mass is 252 g/mol. The highest BCUT2D eigenvalue weighted by Crippen LogP contribution is 2.58. The van der Waals surface area contributed by atoms with E-state index in [-0.39, 0.29) is 18.8 Å². The first kappa shape index (κ1) is 12.9. The van der Waals surface area contributed by atoms with Crippen LogP contribution in [-0.4, -0.2) is 29.9 Å². The summed E-state index contributed by atoms with van der Waals surface area (Å²) in [5.74, 6) is -4.20. The SMILES string of the molecule is CCOC(=O)C1C(=O)CC2(CC2)C(C(C)=O)C1=O. The van der Waals surface area contributed by atoms with Crippen molar-refractivity contribution in [2.75, 3.05) is 6.61 Å². The van der Waals surface area contributed by atoms with Crippen LogP contribution in [0, 0.1) is 17.3 Å². The Balaban J connectivity index is 2.28. The molecule has 2 saturated carbocycles. The molecule has 5 nitrogen and oxygen atoms in total. The molecular weight excluding hydrogens is 236 g/mol. The van der Waals surface area contributed by atoms with Crippen molar-refractivity contribution in [3.63, 3.8) is 0 Å². The lowest BCUT2D eigenvalue weighted by Gasteiger charge is -2.31. The fourth-order valence-electron chi connectivity index (χ4n) is 2.91. The van der Waals surface area contributed by atoms with E-state index in [1.165, 1.54) is 6.92 Å². The number of ketones is 3. The quantitative estimate of drug-likeness (QED) is 0.545. The summed E-state index contributed by atoms with van der Waals surface area (Å²) in [5, 5.41) is 0. The molecule has 0 aromatic heterocycles. The lowest BCUT2D eigenvalue weighted by molar-refractivity contribution is -0.160. The number of ether oxygens (including phenoxy) is 1. The summed E-state index contributed by atoms with van der Waals surface area (Å²) in [7, 11) is 0. The van der Waals surface area contributed by atoms with Gasteiger partial charge in [-0.2, -0.15) is 0 Å². The van der Waals surface area contributed by atoms with Gasteiger partial charge in [0.1, 0.15) is 5.78 Å². The van der Waals surface area contributed by atoms with Gasteiger partial charge in [-0.1, -0.05) is 0 Å². The van der Waals surface area contributed by atoms with Crippen LogP contribution in [-0.2, 0) is 23.9 Å². The molecule has 1 spiro atoms. The molecule has 0 bridgehead atoms. The minimum Gasteiger partial charge on any atom is -0.465 e. The van der Waals surface area contributed by atoms with E-state index in [1.54, 1.807) is 6.92 Å². The van der Waals surface area contributed by atoms with Crippen LogP contribution in [0.25, 0.3) is 0 Å². The molecule has 0 aromatic carbocycles. The summed E-state index contributed by atoms with van der Waals surface area (Å²) in [4.78, 5) is 47.4. The highest BCUT2D eigenvalue weighted by atomic mass is 16.5. The van der Waals surface area contributed by atoms with Gasteiger partial charge in [-0.05, 0) is 32.1 Å². The second kappa shape index (κ2) is 4.30. The van der Waals surface area contributed by atoms with Crippen molar-refractivity contribution in [3.05, 3.63) is 0 Å². The molecule has 0 radical (unpaired) electrons. The minimum atomic E-state index is -1.38. The Bertz CT molecular complexity index is 433. The average molecular weight is 252 g/mol. The van der Waals surface area contributed by atoms with E-state index in [0.29, 0.717) is 12.8 Å². The zero-order valence-corrected chi connectivity index (χ0v) is 10.5. The maximum atomic E-state index is 12.2. The molecule has 2 aliphatic rings. The van der Waals surface area contributed by atoms with Gasteiger partial charge in [0.05, 0.1) is 12.5 Å². The molecule has 0 heterocycles. The van der Waals surface area contributed by atoms with Crippen LogP contribution in [0.3, 0.4) is 0 Å². The van der Waals surface area contributed by atoms with Crippen molar-refractivity contribution in [2.45, 2.75) is 33.1 Å². The van der Waals surface area contributed by atoms with Crippen molar-refractivity contribution in [3.8, 4) is 0 Å². The third kappa shape index (κ3) is 1.87. The molecule has 2 aliphatic carbocycles. The summed E-state index contributed by atoms with van der Waals surface area (Å²) >= 11 is 0. The Kier molecular flexibility index (Phi) is 3.09. The zero-order chi connectivity index (χ0) is 13.5. The Labute approximate surface area is 105 Å². The van der Waals surface area contributed by atoms with Crippen LogP contribution in [0.2, 0.25) is 0 Å². The van der Waals surface area contributed by atoms with Crippen molar-refractivity contribution < 1.29 is 23.9 Å². The Morgan fingerprint density at radius 1 is 1.33 bits per heavy atom. The van der Waals surface area contributed by atoms with Crippen molar-refractivity contribution in [2.24, 2.45) is 17.3 Å². The van der Waals surface area contributed by atoms with Crippen LogP contribution < -0.4 is 0 Å². The molecule has 2 unspecified atom stereocenters. The molecule has 0 aromatic rings. The number of rotatable bonds is 3. The van der Waals surface area contributed by atoms with Crippen LogP contribution in [0.1, 0.15) is 33.1 Å². The minimum absolute atomic E-state index is 0.117. The maximum absolute atomic E-state index is 12.2. The molecule has 2 atom stereocenters. The van der Waals surface area contributed by atoms with E-state index in [0.717, 1.165) is 0 Å². The predicted octanol–water partition coefficient (Wildman–Crippen LogP) is 0.693. The maximum Gasteiger partial charge on any atom is 0.324 e. The predicted molar refractivity (Wildman–Crippen MR) is 60.6 cm³/mol. The summed E-state index contributed by atoms with van der Waals surface area (Å²) in [5.41, 5.74) is -0.483. The van der Waals surface area contributed by atoms with Crippen LogP contribution >= 0.6 is 0 Å². The topological polar surface area (TPSA) is 77.5 Å². The van der Waals surface area contributed by atoms with Gasteiger partial charge in [0.25, 0.3) is 0 Å². The van der Waals surface area contributed by atoms with E-state index in [1.807, 2.05) is 0 Å². The first-order valence-corrected chi connectivity index (χ1v) is 6.16. The molecule has 2 fully saturated rings. The van der Waals surface area contributed by atoms with Gasteiger partial charge >= 0.3 is 5.97 Å². The lowest BCUT2D eigenvalue weighted by Crippen LogP contribution is -2.48. The molecule has 0 aliphatic heterocycles. The van der Waals surface area contributed by atoms with E-state index >= 15 is 0 Å². The standard InChI is InChI=1S/C13H16O5/c1-3-18-12(17)9-8(15)6-13(4-5-13)10(7(2)14)11(9)16/h9-10H,3-6H2,1-2H3. The van der Waals surface area contributed by atoms with Gasteiger partial charge in [-0.25, -0.2) is 0 Å². The molecule has 0 saturated heterocycles. The van der Waals surface area contributed by atoms with Crippen molar-refractivity contribution >= 4 is 23.3 Å². The van der Waals surface area contributed by atoms with E-state index in [2.05, 4.69) is 0 Å². The third-order valence-corrected chi connectivity index (χ3v) is 3.85. The average Bonchev–Trinajstić information content (AvgIpc) is 2.96. The van der Waals surface area contributed by atoms with Crippen LogP contribution in [0.5, 0.6) is 0 Å². The first-order chi connectivity index (χ1) is 8.43. The van der Waals surface area contributed by atoms with E-state index in [9.17, 15) is 19.2 Å². The highest BCUT2D eigenvalue weighted by molar-refractivity contribution is 6.24. The second-order valence-electron chi connectivity index (χ2n) is 5.14. The van der Waals surface area contributed by atoms with Gasteiger partial charge < -0.3 is 4.74 Å². The Hall–Kier alpha value is -1.52. The largest absolute Gasteiger partial charge is 0.465 e. The van der Waals surface area contributed by atoms with Crippen LogP contribution in [0.15, 0.2) is 0 Å². The van der Waals surface area contributed by atoms with Gasteiger partial charge in [0, 0.05) is 6.42 Å². The molecule has 0 amide bonds. The van der Waals surface area contributed by atoms with Gasteiger partial charge in [0.15, 0.2) is 17.5 Å². The fraction of sp³-hybridized carbons (Fsp3) is 0.692. The van der Waals surface area contributed by atoms with E-state index in [4.69, 9.17) is 4.74 Å². The molecule has 5 heteroatoms. The van der Waals surface area contributed by atoms with Crippen molar-refractivity contribution in [1.29, 1.82) is 0 Å². The number of hydrogen-bond acceptors (Lipinski definition) is 5. The van der Waals surface area contributed by atoms with E-state index < -0.39 is 34.8 Å². The fourth-order valence-corrected chi connectivity index (χ4v) is 2.91. The molecular formula is C13H16O5. The van der Waals surface area contributed by atoms with Crippen LogP contribution in [0.4, 0.5) is 0 Å². The van der Waals surface area contributed by atoms with Gasteiger partial charge in [0.2, 0.25) is 0 Å². The summed E-state index contributed by atoms with van der Waals surface area (Å²) in [6, 6.07) is 0. The molecule has 18 heavy (non-hydrogen) atoms. The lowest BCUT2D eigenvalue weighted by atomic mass is 9.68. The third-order valence-electron chi connectivity index (χ3n) is 3.85.